The normalized spacial score (nSPS) is 12.7. The van der Waals surface area contributed by atoms with Gasteiger partial charge in [0, 0.05) is 53.3 Å². The van der Waals surface area contributed by atoms with Gasteiger partial charge in [0.25, 0.3) is 0 Å². The van der Waals surface area contributed by atoms with Gasteiger partial charge >= 0.3 is 0 Å². The van der Waals surface area contributed by atoms with Crippen molar-refractivity contribution in [2.75, 3.05) is 0 Å². The van der Waals surface area contributed by atoms with Gasteiger partial charge in [0.2, 0.25) is 0 Å². The van der Waals surface area contributed by atoms with E-state index in [4.69, 9.17) is 15.0 Å². The van der Waals surface area contributed by atoms with E-state index in [1.54, 1.807) is 12.2 Å². The summed E-state index contributed by atoms with van der Waals surface area (Å²) in [5, 5.41) is 8.01. The number of aromatic nitrogens is 4. The van der Waals surface area contributed by atoms with Gasteiger partial charge in [-0.25, -0.2) is 15.0 Å². The molecule has 0 spiro atoms. The Morgan fingerprint density at radius 1 is 0.429 bits per heavy atom. The fraction of sp³-hybridized carbons (Fsp3) is 0.0308. The van der Waals surface area contributed by atoms with E-state index in [2.05, 4.69) is 163 Å². The number of rotatable bonds is 7. The van der Waals surface area contributed by atoms with E-state index in [0.29, 0.717) is 17.5 Å². The van der Waals surface area contributed by atoms with Crippen molar-refractivity contribution in [2.24, 2.45) is 0 Å². The summed E-state index contributed by atoms with van der Waals surface area (Å²) in [7, 11) is 0. The van der Waals surface area contributed by atoms with Crippen molar-refractivity contribution in [1.82, 2.24) is 19.5 Å². The Kier molecular flexibility index (Phi) is 10.1. The third-order valence-corrected chi connectivity index (χ3v) is 14.9. The molecular formula is C65H44N4S. The molecule has 3 heterocycles. The lowest BCUT2D eigenvalue weighted by Gasteiger charge is -2.11. The Morgan fingerprint density at radius 3 is 1.76 bits per heavy atom. The monoisotopic (exact) mass is 912 g/mol. The predicted octanol–water partition coefficient (Wildman–Crippen LogP) is 17.8. The van der Waals surface area contributed by atoms with Crippen LogP contribution in [0.5, 0.6) is 0 Å². The Bertz CT molecular complexity index is 4070. The van der Waals surface area contributed by atoms with Crippen LogP contribution in [-0.2, 0) is 0 Å². The minimum atomic E-state index is 0.643. The zero-order chi connectivity index (χ0) is 46.7. The molecule has 0 aliphatic heterocycles. The van der Waals surface area contributed by atoms with E-state index < -0.39 is 0 Å². The van der Waals surface area contributed by atoms with Gasteiger partial charge in [-0.1, -0.05) is 177 Å². The molecule has 0 unspecified atom stereocenters. The van der Waals surface area contributed by atoms with Gasteiger partial charge in [-0.3, -0.25) is 0 Å². The summed E-state index contributed by atoms with van der Waals surface area (Å²) in [5.41, 5.74) is 16.8. The first-order valence-corrected chi connectivity index (χ1v) is 24.6. The minimum Gasteiger partial charge on any atom is -0.309 e. The summed E-state index contributed by atoms with van der Waals surface area (Å²) in [5.74, 6) is 1.95. The molecule has 3 aromatic heterocycles. The van der Waals surface area contributed by atoms with Gasteiger partial charge in [0.05, 0.1) is 11.0 Å². The molecule has 70 heavy (non-hydrogen) atoms. The number of fused-ring (bicyclic) bond motifs is 9. The summed E-state index contributed by atoms with van der Waals surface area (Å²) >= 11 is 1.92. The smallest absolute Gasteiger partial charge is 0.164 e. The molecule has 5 heteroatoms. The van der Waals surface area contributed by atoms with Crippen LogP contribution in [0.1, 0.15) is 24.0 Å². The average Bonchev–Trinajstić information content (AvgIpc) is 4.09. The van der Waals surface area contributed by atoms with Crippen molar-refractivity contribution >= 4 is 75.2 Å². The Hall–Kier alpha value is -8.77. The Labute approximate surface area is 410 Å². The van der Waals surface area contributed by atoms with Crippen LogP contribution in [0, 0.1) is 0 Å². The van der Waals surface area contributed by atoms with E-state index in [9.17, 15) is 0 Å². The lowest BCUT2D eigenvalue weighted by atomic mass is 9.94. The highest BCUT2D eigenvalue weighted by Gasteiger charge is 2.26. The molecule has 0 atom stereocenters. The number of benzene rings is 9. The number of allylic oxidation sites excluding steroid dienone is 6. The van der Waals surface area contributed by atoms with Gasteiger partial charge in [0.1, 0.15) is 0 Å². The van der Waals surface area contributed by atoms with Gasteiger partial charge in [-0.2, -0.15) is 0 Å². The van der Waals surface area contributed by atoms with Crippen LogP contribution in [0.15, 0.2) is 232 Å². The lowest BCUT2D eigenvalue weighted by molar-refractivity contribution is 1.06. The highest BCUT2D eigenvalue weighted by molar-refractivity contribution is 7.26. The first kappa shape index (κ1) is 41.4. The Morgan fingerprint density at radius 2 is 1.01 bits per heavy atom. The zero-order valence-corrected chi connectivity index (χ0v) is 39.1. The fourth-order valence-electron chi connectivity index (χ4n) is 10.6. The first-order chi connectivity index (χ1) is 34.6. The van der Waals surface area contributed by atoms with Crippen molar-refractivity contribution in [3.05, 3.63) is 243 Å². The van der Waals surface area contributed by atoms with Crippen LogP contribution < -0.4 is 0 Å². The molecule has 2 aliphatic rings. The number of hydrogen-bond donors (Lipinski definition) is 0. The molecule has 330 valence electrons. The molecule has 14 rings (SSSR count). The summed E-state index contributed by atoms with van der Waals surface area (Å²) in [4.78, 5) is 14.9. The average molecular weight is 913 g/mol. The molecule has 0 saturated heterocycles. The summed E-state index contributed by atoms with van der Waals surface area (Å²) in [6, 6.07) is 69.9. The summed E-state index contributed by atoms with van der Waals surface area (Å²) in [6.07, 6.45) is 10.2. The van der Waals surface area contributed by atoms with Crippen LogP contribution in [0.4, 0.5) is 0 Å². The first-order valence-electron chi connectivity index (χ1n) is 23.8. The van der Waals surface area contributed by atoms with Gasteiger partial charge in [-0.05, 0) is 123 Å². The fourth-order valence-corrected chi connectivity index (χ4v) is 11.7. The number of thiophene rings is 1. The maximum atomic E-state index is 4.99. The largest absolute Gasteiger partial charge is 0.309 e. The van der Waals surface area contributed by atoms with Gasteiger partial charge < -0.3 is 4.57 Å². The van der Waals surface area contributed by atoms with Crippen molar-refractivity contribution in [2.45, 2.75) is 12.8 Å². The second kappa shape index (κ2) is 17.1. The predicted molar refractivity (Wildman–Crippen MR) is 297 cm³/mol. The molecule has 12 aromatic rings. The van der Waals surface area contributed by atoms with Crippen molar-refractivity contribution in [3.63, 3.8) is 0 Å². The third-order valence-electron chi connectivity index (χ3n) is 13.8. The molecule has 0 amide bonds. The van der Waals surface area contributed by atoms with Crippen LogP contribution in [0.25, 0.3) is 126 Å². The quantitative estimate of drug-likeness (QED) is 0.150. The molecule has 9 aromatic carbocycles. The van der Waals surface area contributed by atoms with E-state index in [1.807, 2.05) is 72.0 Å². The maximum absolute atomic E-state index is 4.99. The van der Waals surface area contributed by atoms with E-state index in [0.717, 1.165) is 46.3 Å². The maximum Gasteiger partial charge on any atom is 0.164 e. The molecule has 0 radical (unpaired) electrons. The van der Waals surface area contributed by atoms with Crippen molar-refractivity contribution in [3.8, 4) is 62.1 Å². The number of hydrogen-bond acceptors (Lipinski definition) is 4. The summed E-state index contributed by atoms with van der Waals surface area (Å²) in [6.45, 7) is 6.72. The van der Waals surface area contributed by atoms with Crippen LogP contribution in [0.2, 0.25) is 0 Å². The van der Waals surface area contributed by atoms with Crippen molar-refractivity contribution in [1.29, 1.82) is 0 Å². The molecule has 0 fully saturated rings. The van der Waals surface area contributed by atoms with Gasteiger partial charge in [0.15, 0.2) is 17.5 Å². The highest BCUT2D eigenvalue weighted by atomic mass is 32.1. The molecule has 4 nitrogen and oxygen atoms in total. The highest BCUT2D eigenvalue weighted by Crippen LogP contribution is 2.51. The summed E-state index contributed by atoms with van der Waals surface area (Å²) < 4.78 is 5.11. The number of nitrogens with zero attached hydrogens (tertiary/aromatic N) is 4. The van der Waals surface area contributed by atoms with Crippen LogP contribution in [-0.4, -0.2) is 19.5 Å². The van der Waals surface area contributed by atoms with Crippen LogP contribution >= 0.6 is 11.3 Å². The zero-order valence-electron chi connectivity index (χ0n) is 38.3. The molecule has 0 bridgehead atoms. The van der Waals surface area contributed by atoms with E-state index in [1.165, 1.54) is 86.2 Å². The number of para-hydroxylation sites is 1. The standard InChI is InChI=1S/C61H38N4S.C4H6/c1-3-13-38(14-4-1)59-62-60(39-15-5-2-6-16-39)64-61(63-59)43-18-11-17-40(33-43)37-25-29-44(30-26-37)65-53-24-10-9-21-47(53)50-34-41(27-31-54(50)65)42-28-32-55-52(35-42)58-49-23-12-22-48-45-19-7-8-20-46(45)51(57(48)49)36-56(58)66-55;1-3-4-2/h1-7,9-19,21-36H,8,20H2;3-4H,1-2H2. The van der Waals surface area contributed by atoms with E-state index in [-0.39, 0.29) is 0 Å². The topological polar surface area (TPSA) is 43.6 Å². The third kappa shape index (κ3) is 6.93. The second-order valence-electron chi connectivity index (χ2n) is 17.9. The molecular weight excluding hydrogens is 869 g/mol. The Balaban J connectivity index is 0.00000116. The molecule has 2 aliphatic carbocycles. The second-order valence-corrected chi connectivity index (χ2v) is 19.0. The SMILES string of the molecule is C1=CC2=C(CC1)c1cc3sc4ccc(-c5ccc6c(c5)c5ccccc5n6-c5ccc(-c6cccc(-c7nc(-c8ccccc8)nc(-c8ccccc8)n7)c6)cc5)cc4c3c3cccc2c13.C=CC=C. The lowest BCUT2D eigenvalue weighted by Crippen LogP contribution is -2.00. The molecule has 0 saturated carbocycles. The minimum absolute atomic E-state index is 0.643. The van der Waals surface area contributed by atoms with E-state index >= 15 is 0 Å². The molecule has 0 N–H and O–H groups in total. The van der Waals surface area contributed by atoms with Gasteiger partial charge in [-0.15, -0.1) is 11.3 Å². The van der Waals surface area contributed by atoms with Crippen molar-refractivity contribution < 1.29 is 0 Å². The van der Waals surface area contributed by atoms with Crippen LogP contribution in [0.3, 0.4) is 0 Å².